The average molecular weight is 239 g/mol. The van der Waals surface area contributed by atoms with E-state index < -0.39 is 0 Å². The third-order valence-electron chi connectivity index (χ3n) is 3.20. The first-order valence-corrected chi connectivity index (χ1v) is 6.02. The highest BCUT2D eigenvalue weighted by Gasteiger charge is 2.25. The molecule has 0 saturated heterocycles. The lowest BCUT2D eigenvalue weighted by atomic mass is 9.82. The molecule has 1 aromatic carbocycles. The van der Waals surface area contributed by atoms with Crippen molar-refractivity contribution < 1.29 is 9.90 Å². The number of hydrogen-bond acceptors (Lipinski definition) is 2. The average Bonchev–Trinajstić information content (AvgIpc) is 2.30. The number of carbonyl (C=O) groups excluding carboxylic acids is 1. The summed E-state index contributed by atoms with van der Waals surface area (Å²) in [6.07, 6.45) is 2.86. The molecule has 0 spiro atoms. The number of benzene rings is 1. The molecule has 0 radical (unpaired) electrons. The summed E-state index contributed by atoms with van der Waals surface area (Å²) in [7, 11) is 0. The van der Waals surface area contributed by atoms with Gasteiger partial charge in [-0.05, 0) is 49.9 Å². The zero-order chi connectivity index (χ0) is 11.5. The molecule has 0 aliphatic heterocycles. The molecule has 0 aromatic heterocycles. The summed E-state index contributed by atoms with van der Waals surface area (Å²) >= 11 is 5.78. The van der Waals surface area contributed by atoms with Gasteiger partial charge in [-0.25, -0.2) is 0 Å². The molecule has 1 N–H and O–H groups in total. The number of ketones is 1. The molecule has 1 aromatic rings. The Balaban J connectivity index is 2.05. The first kappa shape index (κ1) is 11.6. The largest absolute Gasteiger partial charge is 0.393 e. The smallest absolute Gasteiger partial charge is 0.165 e. The number of rotatable bonds is 2. The molecule has 0 heterocycles. The van der Waals surface area contributed by atoms with Gasteiger partial charge in [-0.3, -0.25) is 4.79 Å². The zero-order valence-corrected chi connectivity index (χ0v) is 9.78. The van der Waals surface area contributed by atoms with Crippen LogP contribution in [0.1, 0.15) is 36.0 Å². The summed E-state index contributed by atoms with van der Waals surface area (Å²) in [4.78, 5) is 12.1. The number of carbonyl (C=O) groups is 1. The normalized spacial score (nSPS) is 25.4. The van der Waals surface area contributed by atoms with Crippen molar-refractivity contribution in [3.63, 3.8) is 0 Å². The van der Waals surface area contributed by atoms with E-state index >= 15 is 0 Å². The van der Waals surface area contributed by atoms with Crippen LogP contribution in [0.4, 0.5) is 0 Å². The summed E-state index contributed by atoms with van der Waals surface area (Å²) in [6.45, 7) is 0. The monoisotopic (exact) mass is 238 g/mol. The summed E-state index contributed by atoms with van der Waals surface area (Å²) in [6, 6.07) is 7.03. The molecule has 3 heteroatoms. The molecule has 1 fully saturated rings. The highest BCUT2D eigenvalue weighted by molar-refractivity contribution is 6.30. The first-order chi connectivity index (χ1) is 7.66. The van der Waals surface area contributed by atoms with Crippen LogP contribution in [0.3, 0.4) is 0 Å². The SMILES string of the molecule is O=C(c1ccc(Cl)cc1)C1CCC(O)CC1. The van der Waals surface area contributed by atoms with Crippen LogP contribution in [-0.2, 0) is 0 Å². The van der Waals surface area contributed by atoms with E-state index in [4.69, 9.17) is 11.6 Å². The molecule has 1 aliphatic carbocycles. The van der Waals surface area contributed by atoms with E-state index in [0.717, 1.165) is 31.2 Å². The minimum atomic E-state index is -0.214. The van der Waals surface area contributed by atoms with Crippen molar-refractivity contribution in [2.24, 2.45) is 5.92 Å². The van der Waals surface area contributed by atoms with E-state index in [1.807, 2.05) is 0 Å². The van der Waals surface area contributed by atoms with Crippen LogP contribution in [0.2, 0.25) is 5.02 Å². The topological polar surface area (TPSA) is 37.3 Å². The van der Waals surface area contributed by atoms with Crippen molar-refractivity contribution in [3.05, 3.63) is 34.9 Å². The fraction of sp³-hybridized carbons (Fsp3) is 0.462. The van der Waals surface area contributed by atoms with Crippen LogP contribution in [0.25, 0.3) is 0 Å². The number of aliphatic hydroxyl groups excluding tert-OH is 1. The fourth-order valence-electron chi connectivity index (χ4n) is 2.19. The lowest BCUT2D eigenvalue weighted by Crippen LogP contribution is -2.24. The molecule has 2 rings (SSSR count). The van der Waals surface area contributed by atoms with Crippen LogP contribution >= 0.6 is 11.6 Å². The highest BCUT2D eigenvalue weighted by Crippen LogP contribution is 2.27. The van der Waals surface area contributed by atoms with E-state index in [0.29, 0.717) is 5.02 Å². The highest BCUT2D eigenvalue weighted by atomic mass is 35.5. The van der Waals surface area contributed by atoms with Crippen molar-refractivity contribution in [2.75, 3.05) is 0 Å². The minimum Gasteiger partial charge on any atom is -0.393 e. The number of halogens is 1. The number of Topliss-reactive ketones (excluding diaryl/α,β-unsaturated/α-hetero) is 1. The zero-order valence-electron chi connectivity index (χ0n) is 9.03. The Bertz CT molecular complexity index is 364. The molecule has 0 atom stereocenters. The molecule has 0 amide bonds. The maximum absolute atomic E-state index is 12.1. The van der Waals surface area contributed by atoms with Gasteiger partial charge in [0.2, 0.25) is 0 Å². The number of hydrogen-bond donors (Lipinski definition) is 1. The van der Waals surface area contributed by atoms with E-state index in [1.54, 1.807) is 24.3 Å². The summed E-state index contributed by atoms with van der Waals surface area (Å²) in [5.74, 6) is 0.258. The van der Waals surface area contributed by atoms with E-state index in [2.05, 4.69) is 0 Å². The van der Waals surface area contributed by atoms with Gasteiger partial charge in [0.05, 0.1) is 6.10 Å². The Hall–Kier alpha value is -0.860. The Morgan fingerprint density at radius 3 is 2.25 bits per heavy atom. The van der Waals surface area contributed by atoms with Gasteiger partial charge >= 0.3 is 0 Å². The van der Waals surface area contributed by atoms with Crippen molar-refractivity contribution >= 4 is 17.4 Å². The van der Waals surface area contributed by atoms with Gasteiger partial charge in [0, 0.05) is 16.5 Å². The van der Waals surface area contributed by atoms with Gasteiger partial charge in [0.1, 0.15) is 0 Å². The molecule has 0 bridgehead atoms. The second-order valence-corrected chi connectivity index (χ2v) is 4.81. The quantitative estimate of drug-likeness (QED) is 0.804. The van der Waals surface area contributed by atoms with Gasteiger partial charge in [-0.15, -0.1) is 0 Å². The summed E-state index contributed by atoms with van der Waals surface area (Å²) in [5, 5.41) is 10.0. The van der Waals surface area contributed by atoms with Crippen molar-refractivity contribution in [2.45, 2.75) is 31.8 Å². The molecule has 1 aliphatic rings. The first-order valence-electron chi connectivity index (χ1n) is 5.64. The predicted octanol–water partition coefficient (Wildman–Crippen LogP) is 3.07. The van der Waals surface area contributed by atoms with Crippen LogP contribution in [0.5, 0.6) is 0 Å². The number of aliphatic hydroxyl groups is 1. The molecule has 1 saturated carbocycles. The van der Waals surface area contributed by atoms with Crippen LogP contribution in [0, 0.1) is 5.92 Å². The molecule has 86 valence electrons. The molecular weight excluding hydrogens is 224 g/mol. The molecule has 2 nitrogen and oxygen atoms in total. The van der Waals surface area contributed by atoms with E-state index in [9.17, 15) is 9.90 Å². The Labute approximate surface area is 100 Å². The third kappa shape index (κ3) is 2.63. The Morgan fingerprint density at radius 1 is 1.12 bits per heavy atom. The Kier molecular flexibility index (Phi) is 3.62. The second kappa shape index (κ2) is 4.98. The van der Waals surface area contributed by atoms with Gasteiger partial charge in [-0.2, -0.15) is 0 Å². The van der Waals surface area contributed by atoms with Gasteiger partial charge in [0.25, 0.3) is 0 Å². The fourth-order valence-corrected chi connectivity index (χ4v) is 2.31. The molecule has 0 unspecified atom stereocenters. The van der Waals surface area contributed by atoms with E-state index in [-0.39, 0.29) is 17.8 Å². The van der Waals surface area contributed by atoms with Crippen molar-refractivity contribution in [1.82, 2.24) is 0 Å². The standard InChI is InChI=1S/C13H15ClO2/c14-11-5-1-9(2-6-11)13(16)10-3-7-12(15)8-4-10/h1-2,5-6,10,12,15H,3-4,7-8H2. The van der Waals surface area contributed by atoms with Crippen LogP contribution < -0.4 is 0 Å². The predicted molar refractivity (Wildman–Crippen MR) is 63.7 cm³/mol. The van der Waals surface area contributed by atoms with Gasteiger partial charge in [0.15, 0.2) is 5.78 Å². The molecule has 16 heavy (non-hydrogen) atoms. The maximum Gasteiger partial charge on any atom is 0.165 e. The van der Waals surface area contributed by atoms with Crippen molar-refractivity contribution in [1.29, 1.82) is 0 Å². The lowest BCUT2D eigenvalue weighted by molar-refractivity contribution is 0.0764. The van der Waals surface area contributed by atoms with Gasteiger partial charge in [-0.1, -0.05) is 11.6 Å². The minimum absolute atomic E-state index is 0.0737. The molecular formula is C13H15ClO2. The summed E-state index contributed by atoms with van der Waals surface area (Å²) in [5.41, 5.74) is 0.728. The summed E-state index contributed by atoms with van der Waals surface area (Å²) < 4.78 is 0. The Morgan fingerprint density at radius 2 is 1.69 bits per heavy atom. The van der Waals surface area contributed by atoms with Crippen LogP contribution in [0.15, 0.2) is 24.3 Å². The van der Waals surface area contributed by atoms with Crippen LogP contribution in [-0.4, -0.2) is 17.0 Å². The maximum atomic E-state index is 12.1. The van der Waals surface area contributed by atoms with E-state index in [1.165, 1.54) is 0 Å². The second-order valence-electron chi connectivity index (χ2n) is 4.38. The van der Waals surface area contributed by atoms with Gasteiger partial charge < -0.3 is 5.11 Å². The third-order valence-corrected chi connectivity index (χ3v) is 3.45. The van der Waals surface area contributed by atoms with Crippen molar-refractivity contribution in [3.8, 4) is 0 Å². The lowest BCUT2D eigenvalue weighted by Gasteiger charge is -2.24.